The number of hydrogen-bond donors (Lipinski definition) is 3. The van der Waals surface area contributed by atoms with Gasteiger partial charge in [-0.05, 0) is 23.3 Å². The van der Waals surface area contributed by atoms with E-state index in [1.165, 1.54) is 4.88 Å². The Kier molecular flexibility index (Phi) is 4.40. The van der Waals surface area contributed by atoms with Crippen molar-refractivity contribution in [2.24, 2.45) is 0 Å². The highest BCUT2D eigenvalue weighted by Crippen LogP contribution is 2.24. The summed E-state index contributed by atoms with van der Waals surface area (Å²) in [7, 11) is -1.39. The van der Waals surface area contributed by atoms with Crippen molar-refractivity contribution in [3.05, 3.63) is 29.1 Å². The summed E-state index contributed by atoms with van der Waals surface area (Å²) in [6.45, 7) is 5.21. The van der Waals surface area contributed by atoms with Crippen LogP contribution in [0.2, 0.25) is 0 Å². The van der Waals surface area contributed by atoms with Crippen molar-refractivity contribution in [2.75, 3.05) is 6.54 Å². The molecule has 18 heavy (non-hydrogen) atoms. The van der Waals surface area contributed by atoms with Crippen molar-refractivity contribution in [1.29, 1.82) is 0 Å². The molecular formula is C13H18BNO2S. The molecule has 0 aliphatic carbocycles. The predicted octanol–water partition coefficient (Wildman–Crippen LogP) is 1.12. The van der Waals surface area contributed by atoms with Gasteiger partial charge in [-0.25, -0.2) is 0 Å². The van der Waals surface area contributed by atoms with Gasteiger partial charge in [-0.15, -0.1) is 11.3 Å². The first kappa shape index (κ1) is 13.6. The summed E-state index contributed by atoms with van der Waals surface area (Å²) in [6, 6.07) is 8.26. The van der Waals surface area contributed by atoms with Crippen LogP contribution in [0.1, 0.15) is 18.7 Å². The zero-order valence-corrected chi connectivity index (χ0v) is 11.5. The fourth-order valence-corrected chi connectivity index (χ4v) is 3.14. The molecular weight excluding hydrogens is 245 g/mol. The monoisotopic (exact) mass is 263 g/mol. The normalized spacial score (nSPS) is 11.4. The quantitative estimate of drug-likeness (QED) is 0.709. The lowest BCUT2D eigenvalue weighted by molar-refractivity contribution is 0.426. The molecule has 0 amide bonds. The van der Waals surface area contributed by atoms with E-state index in [9.17, 15) is 10.0 Å². The topological polar surface area (TPSA) is 52.5 Å². The van der Waals surface area contributed by atoms with Gasteiger partial charge in [0.25, 0.3) is 0 Å². The Morgan fingerprint density at radius 3 is 2.78 bits per heavy atom. The second-order valence-corrected chi connectivity index (χ2v) is 5.85. The van der Waals surface area contributed by atoms with Gasteiger partial charge < -0.3 is 15.4 Å². The van der Waals surface area contributed by atoms with Crippen LogP contribution in [-0.4, -0.2) is 29.8 Å². The highest BCUT2D eigenvalue weighted by molar-refractivity contribution is 7.20. The van der Waals surface area contributed by atoms with Crippen LogP contribution < -0.4 is 10.8 Å². The Balaban J connectivity index is 2.19. The Hall–Kier alpha value is -0.875. The smallest absolute Gasteiger partial charge is 0.423 e. The van der Waals surface area contributed by atoms with Crippen molar-refractivity contribution in [2.45, 2.75) is 26.3 Å². The second-order valence-electron chi connectivity index (χ2n) is 4.71. The van der Waals surface area contributed by atoms with Crippen molar-refractivity contribution >= 4 is 34.0 Å². The fraction of sp³-hybridized carbons (Fsp3) is 0.385. The van der Waals surface area contributed by atoms with E-state index in [0.717, 1.165) is 23.1 Å². The fourth-order valence-electron chi connectivity index (χ4n) is 1.95. The minimum Gasteiger partial charge on any atom is -0.423 e. The van der Waals surface area contributed by atoms with Crippen LogP contribution in [0.4, 0.5) is 0 Å². The molecule has 0 aliphatic rings. The zero-order valence-electron chi connectivity index (χ0n) is 10.7. The molecule has 0 fully saturated rings. The third kappa shape index (κ3) is 3.11. The molecule has 1 aromatic carbocycles. The van der Waals surface area contributed by atoms with Gasteiger partial charge in [0.1, 0.15) is 0 Å². The molecule has 1 heterocycles. The van der Waals surface area contributed by atoms with Crippen molar-refractivity contribution < 1.29 is 10.0 Å². The van der Waals surface area contributed by atoms with Gasteiger partial charge in [0.2, 0.25) is 0 Å². The maximum atomic E-state index is 9.33. The standard InChI is InChI=1S/C13H18BNO2S/c1-9(2)15-7-6-11-8-10-4-3-5-12(14(16)17)13(10)18-11/h3-5,8-9,15-17H,6-7H2,1-2H3. The minimum absolute atomic E-state index is 0.495. The molecule has 0 aliphatic heterocycles. The first-order valence-corrected chi connectivity index (χ1v) is 7.00. The average molecular weight is 263 g/mol. The summed E-state index contributed by atoms with van der Waals surface area (Å²) in [5.41, 5.74) is 0.598. The van der Waals surface area contributed by atoms with E-state index < -0.39 is 7.12 Å². The van der Waals surface area contributed by atoms with E-state index in [2.05, 4.69) is 25.2 Å². The van der Waals surface area contributed by atoms with E-state index >= 15 is 0 Å². The maximum Gasteiger partial charge on any atom is 0.489 e. The molecule has 0 saturated carbocycles. The first-order chi connectivity index (χ1) is 8.58. The number of thiophene rings is 1. The van der Waals surface area contributed by atoms with Gasteiger partial charge in [-0.2, -0.15) is 0 Å². The van der Waals surface area contributed by atoms with E-state index in [1.54, 1.807) is 17.4 Å². The van der Waals surface area contributed by atoms with Crippen molar-refractivity contribution in [1.82, 2.24) is 5.32 Å². The summed E-state index contributed by atoms with van der Waals surface area (Å²) in [4.78, 5) is 1.27. The molecule has 2 aromatic rings. The highest BCUT2D eigenvalue weighted by atomic mass is 32.1. The van der Waals surface area contributed by atoms with Gasteiger partial charge >= 0.3 is 7.12 Å². The largest absolute Gasteiger partial charge is 0.489 e. The van der Waals surface area contributed by atoms with Crippen LogP contribution in [0.3, 0.4) is 0 Å². The molecule has 3 N–H and O–H groups in total. The lowest BCUT2D eigenvalue weighted by atomic mass is 9.80. The Bertz CT molecular complexity index is 525. The first-order valence-electron chi connectivity index (χ1n) is 6.19. The second kappa shape index (κ2) is 5.84. The van der Waals surface area contributed by atoms with Crippen LogP contribution in [0.25, 0.3) is 10.1 Å². The summed E-state index contributed by atoms with van der Waals surface area (Å²) in [5.74, 6) is 0. The summed E-state index contributed by atoms with van der Waals surface area (Å²) >= 11 is 1.64. The summed E-state index contributed by atoms with van der Waals surface area (Å²) in [6.07, 6.45) is 0.971. The lowest BCUT2D eigenvalue weighted by Crippen LogP contribution is -2.29. The molecule has 0 bridgehead atoms. The van der Waals surface area contributed by atoms with Crippen LogP contribution in [0, 0.1) is 0 Å². The van der Waals surface area contributed by atoms with Crippen LogP contribution in [-0.2, 0) is 6.42 Å². The molecule has 1 aromatic heterocycles. The maximum absolute atomic E-state index is 9.33. The van der Waals surface area contributed by atoms with Gasteiger partial charge in [-0.1, -0.05) is 32.0 Å². The highest BCUT2D eigenvalue weighted by Gasteiger charge is 2.16. The van der Waals surface area contributed by atoms with Gasteiger partial charge in [0.15, 0.2) is 0 Å². The molecule has 96 valence electrons. The van der Waals surface area contributed by atoms with Crippen LogP contribution >= 0.6 is 11.3 Å². The summed E-state index contributed by atoms with van der Waals surface area (Å²) < 4.78 is 0.979. The summed E-state index contributed by atoms with van der Waals surface area (Å²) in [5, 5.41) is 23.1. The molecule has 0 saturated heterocycles. The average Bonchev–Trinajstić information content (AvgIpc) is 2.70. The van der Waals surface area contributed by atoms with Gasteiger partial charge in [0.05, 0.1) is 0 Å². The number of nitrogens with one attached hydrogen (secondary N) is 1. The third-order valence-electron chi connectivity index (χ3n) is 2.83. The van der Waals surface area contributed by atoms with Gasteiger partial charge in [-0.3, -0.25) is 0 Å². The molecule has 3 nitrogen and oxygen atoms in total. The number of benzene rings is 1. The SMILES string of the molecule is CC(C)NCCc1cc2cccc(B(O)O)c2s1. The molecule has 5 heteroatoms. The number of fused-ring (bicyclic) bond motifs is 1. The Morgan fingerprint density at radius 1 is 1.33 bits per heavy atom. The number of rotatable bonds is 5. The molecule has 0 unspecified atom stereocenters. The van der Waals surface area contributed by atoms with Crippen LogP contribution in [0.15, 0.2) is 24.3 Å². The van der Waals surface area contributed by atoms with E-state index in [4.69, 9.17) is 0 Å². The predicted molar refractivity (Wildman–Crippen MR) is 78.5 cm³/mol. The minimum atomic E-state index is -1.39. The third-order valence-corrected chi connectivity index (χ3v) is 4.09. The lowest BCUT2D eigenvalue weighted by Gasteiger charge is -2.05. The Labute approximate surface area is 112 Å². The van der Waals surface area contributed by atoms with Gasteiger partial charge in [0, 0.05) is 22.2 Å². The number of hydrogen-bond acceptors (Lipinski definition) is 4. The van der Waals surface area contributed by atoms with E-state index in [0.29, 0.717) is 11.5 Å². The molecule has 0 spiro atoms. The van der Waals surface area contributed by atoms with E-state index in [1.807, 2.05) is 12.1 Å². The molecule has 2 rings (SSSR count). The zero-order chi connectivity index (χ0) is 13.1. The Morgan fingerprint density at radius 2 is 2.11 bits per heavy atom. The molecule has 0 radical (unpaired) electrons. The van der Waals surface area contributed by atoms with E-state index in [-0.39, 0.29) is 0 Å². The molecule has 0 atom stereocenters. The van der Waals surface area contributed by atoms with Crippen molar-refractivity contribution in [3.63, 3.8) is 0 Å². The van der Waals surface area contributed by atoms with Crippen molar-refractivity contribution in [3.8, 4) is 0 Å². The van der Waals surface area contributed by atoms with Crippen LogP contribution in [0.5, 0.6) is 0 Å².